The van der Waals surface area contributed by atoms with Crippen molar-refractivity contribution in [3.8, 4) is 17.2 Å². The maximum atomic E-state index is 12.8. The van der Waals surface area contributed by atoms with Crippen molar-refractivity contribution >= 4 is 23.8 Å². The van der Waals surface area contributed by atoms with Crippen LogP contribution in [-0.2, 0) is 19.1 Å². The first-order chi connectivity index (χ1) is 18.6. The predicted octanol–water partition coefficient (Wildman–Crippen LogP) is 4.92. The van der Waals surface area contributed by atoms with Gasteiger partial charge in [0.25, 0.3) is 0 Å². The molecule has 9 heteroatoms. The molecule has 2 aromatic rings. The lowest BCUT2D eigenvalue weighted by Crippen LogP contribution is -2.43. The van der Waals surface area contributed by atoms with E-state index in [1.54, 1.807) is 18.2 Å². The lowest BCUT2D eigenvalue weighted by Gasteiger charge is -2.28. The highest BCUT2D eigenvalue weighted by molar-refractivity contribution is 6.02. The van der Waals surface area contributed by atoms with Crippen LogP contribution in [0.5, 0.6) is 17.2 Å². The van der Waals surface area contributed by atoms with Crippen molar-refractivity contribution in [2.45, 2.75) is 44.6 Å². The molecule has 0 fully saturated rings. The molecule has 1 aliphatic heterocycles. The van der Waals surface area contributed by atoms with Gasteiger partial charge >= 0.3 is 11.9 Å². The van der Waals surface area contributed by atoms with Crippen LogP contribution in [0.15, 0.2) is 71.8 Å². The molecule has 9 nitrogen and oxygen atoms in total. The first-order valence-electron chi connectivity index (χ1n) is 12.5. The molecular formula is C30H32O9. The summed E-state index contributed by atoms with van der Waals surface area (Å²) >= 11 is 0. The Hall–Kier alpha value is -4.37. The smallest absolute Gasteiger partial charge is 0.336 e. The van der Waals surface area contributed by atoms with Gasteiger partial charge in [0.2, 0.25) is 0 Å². The van der Waals surface area contributed by atoms with Gasteiger partial charge in [0.1, 0.15) is 23.9 Å². The minimum absolute atomic E-state index is 0.0372. The first kappa shape index (κ1) is 29.2. The van der Waals surface area contributed by atoms with Crippen LogP contribution in [-0.4, -0.2) is 57.0 Å². The largest absolute Gasteiger partial charge is 0.508 e. The number of ether oxygens (including phenoxy) is 2. The minimum Gasteiger partial charge on any atom is -0.508 e. The van der Waals surface area contributed by atoms with Gasteiger partial charge in [-0.2, -0.15) is 0 Å². The van der Waals surface area contributed by atoms with Crippen LogP contribution in [0.3, 0.4) is 0 Å². The van der Waals surface area contributed by atoms with E-state index in [9.17, 15) is 34.8 Å². The van der Waals surface area contributed by atoms with E-state index in [-0.39, 0.29) is 42.4 Å². The molecule has 39 heavy (non-hydrogen) atoms. The number of ketones is 1. The fourth-order valence-corrected chi connectivity index (χ4v) is 4.08. The molecule has 3 rings (SSSR count). The Kier molecular flexibility index (Phi) is 10.1. The first-order valence-corrected chi connectivity index (χ1v) is 12.5. The highest BCUT2D eigenvalue weighted by Crippen LogP contribution is 2.32. The van der Waals surface area contributed by atoms with Gasteiger partial charge in [0.05, 0.1) is 18.6 Å². The zero-order valence-corrected chi connectivity index (χ0v) is 21.6. The molecule has 0 aromatic heterocycles. The molecule has 0 saturated heterocycles. The van der Waals surface area contributed by atoms with Crippen molar-refractivity contribution in [1.29, 1.82) is 0 Å². The number of carboxylic acids is 1. The second-order valence-electron chi connectivity index (χ2n) is 9.41. The zero-order valence-electron chi connectivity index (χ0n) is 21.6. The van der Waals surface area contributed by atoms with E-state index in [1.165, 1.54) is 30.3 Å². The maximum Gasteiger partial charge on any atom is 0.336 e. The summed E-state index contributed by atoms with van der Waals surface area (Å²) in [5, 5.41) is 38.8. The normalized spacial score (nSPS) is 17.9. The summed E-state index contributed by atoms with van der Waals surface area (Å²) in [6, 6.07) is 9.91. The predicted molar refractivity (Wildman–Crippen MR) is 143 cm³/mol. The number of Topliss-reactive ketones (excluding diaryl/α,β-unsaturated/α-hetero) is 1. The van der Waals surface area contributed by atoms with Crippen molar-refractivity contribution in [1.82, 2.24) is 0 Å². The van der Waals surface area contributed by atoms with Crippen LogP contribution in [0.25, 0.3) is 6.08 Å². The second-order valence-corrected chi connectivity index (χ2v) is 9.41. The Morgan fingerprint density at radius 2 is 1.77 bits per heavy atom. The second kappa shape index (κ2) is 13.4. The highest BCUT2D eigenvalue weighted by Gasteiger charge is 2.43. The summed E-state index contributed by atoms with van der Waals surface area (Å²) in [5.74, 6) is -2.80. The van der Waals surface area contributed by atoms with E-state index >= 15 is 0 Å². The summed E-state index contributed by atoms with van der Waals surface area (Å²) in [6.07, 6.45) is 7.98. The highest BCUT2D eigenvalue weighted by atomic mass is 16.5. The van der Waals surface area contributed by atoms with Crippen LogP contribution in [0.1, 0.15) is 54.9 Å². The molecule has 0 spiro atoms. The van der Waals surface area contributed by atoms with Gasteiger partial charge in [-0.05, 0) is 85.7 Å². The van der Waals surface area contributed by atoms with Gasteiger partial charge in [-0.3, -0.25) is 4.79 Å². The van der Waals surface area contributed by atoms with E-state index in [4.69, 9.17) is 9.47 Å². The molecule has 0 unspecified atom stereocenters. The number of hydrogen-bond donors (Lipinski definition) is 4. The van der Waals surface area contributed by atoms with Crippen LogP contribution in [0.2, 0.25) is 0 Å². The van der Waals surface area contributed by atoms with Crippen LogP contribution in [0, 0.1) is 0 Å². The molecule has 4 N–H and O–H groups in total. The summed E-state index contributed by atoms with van der Waals surface area (Å²) in [7, 11) is 0. The van der Waals surface area contributed by atoms with Gasteiger partial charge in [0, 0.05) is 6.08 Å². The molecular weight excluding hydrogens is 504 g/mol. The zero-order chi connectivity index (χ0) is 28.4. The number of carbonyl (C=O) groups excluding carboxylic acids is 2. The van der Waals surface area contributed by atoms with Gasteiger partial charge in [-0.1, -0.05) is 24.3 Å². The molecule has 0 bridgehead atoms. The number of benzene rings is 2. The number of rotatable bonds is 11. The Morgan fingerprint density at radius 1 is 1.05 bits per heavy atom. The number of hydrogen-bond acceptors (Lipinski definition) is 8. The Morgan fingerprint density at radius 3 is 2.49 bits per heavy atom. The van der Waals surface area contributed by atoms with Crippen molar-refractivity contribution < 1.29 is 44.3 Å². The molecule has 0 saturated carbocycles. The van der Waals surface area contributed by atoms with E-state index in [0.29, 0.717) is 19.3 Å². The third kappa shape index (κ3) is 8.58. The molecule has 1 heterocycles. The van der Waals surface area contributed by atoms with Gasteiger partial charge in [-0.15, -0.1) is 0 Å². The number of esters is 1. The molecule has 1 aliphatic rings. The quantitative estimate of drug-likeness (QED) is 0.103. The lowest BCUT2D eigenvalue weighted by molar-refractivity contribution is -0.165. The van der Waals surface area contributed by atoms with Gasteiger partial charge < -0.3 is 29.9 Å². The number of allylic oxidation sites excluding steroid dienone is 2. The fourth-order valence-electron chi connectivity index (χ4n) is 4.08. The van der Waals surface area contributed by atoms with Crippen molar-refractivity contribution in [3.05, 3.63) is 83.0 Å². The summed E-state index contributed by atoms with van der Waals surface area (Å²) in [4.78, 5) is 36.9. The van der Waals surface area contributed by atoms with Gasteiger partial charge in [0.15, 0.2) is 11.4 Å². The van der Waals surface area contributed by atoms with E-state index in [1.807, 2.05) is 19.1 Å². The van der Waals surface area contributed by atoms with Crippen LogP contribution < -0.4 is 0 Å². The average molecular weight is 537 g/mol. The van der Waals surface area contributed by atoms with E-state index < -0.39 is 29.7 Å². The molecule has 0 aliphatic carbocycles. The summed E-state index contributed by atoms with van der Waals surface area (Å²) in [6.45, 7) is 2.00. The molecule has 1 atom stereocenters. The van der Waals surface area contributed by atoms with Crippen molar-refractivity contribution in [2.75, 3.05) is 13.2 Å². The van der Waals surface area contributed by atoms with Crippen LogP contribution in [0.4, 0.5) is 0 Å². The van der Waals surface area contributed by atoms with Gasteiger partial charge in [-0.25, -0.2) is 9.59 Å². The molecule has 2 aromatic carbocycles. The van der Waals surface area contributed by atoms with E-state index in [0.717, 1.165) is 22.8 Å². The third-order valence-electron chi connectivity index (χ3n) is 6.34. The molecule has 206 valence electrons. The lowest BCUT2D eigenvalue weighted by atomic mass is 9.89. The summed E-state index contributed by atoms with van der Waals surface area (Å²) < 4.78 is 11.0. The molecule has 0 radical (unpaired) electrons. The van der Waals surface area contributed by atoms with E-state index in [2.05, 4.69) is 0 Å². The number of aliphatic carboxylic acids is 1. The van der Waals surface area contributed by atoms with Crippen molar-refractivity contribution in [2.24, 2.45) is 0 Å². The minimum atomic E-state index is -1.75. The maximum absolute atomic E-state index is 12.8. The molecule has 0 amide bonds. The topological polar surface area (TPSA) is 151 Å². The number of carboxylic acid groups (broad SMARTS) is 1. The number of phenolic OH excluding ortho intramolecular Hbond substituents is 3. The Balaban J connectivity index is 1.49. The Bertz CT molecular complexity index is 1290. The SMILES string of the molecule is C/C(=C\CCC1=CCC[C@@](CC(=O)c2cc(O)ccc2O)(C(=O)O)OC1)COC(=O)/C=C/c1ccc(O)cc1. The Labute approximate surface area is 226 Å². The summed E-state index contributed by atoms with van der Waals surface area (Å²) in [5.41, 5.74) is 0.594. The third-order valence-corrected chi connectivity index (χ3v) is 6.34. The monoisotopic (exact) mass is 536 g/mol. The fraction of sp³-hybridized carbons (Fsp3) is 0.300. The number of aromatic hydroxyl groups is 3. The van der Waals surface area contributed by atoms with Crippen LogP contribution >= 0.6 is 0 Å². The average Bonchev–Trinajstić information content (AvgIpc) is 3.11. The number of carbonyl (C=O) groups is 3. The van der Waals surface area contributed by atoms with Crippen molar-refractivity contribution in [3.63, 3.8) is 0 Å². The standard InChI is InChI=1S/C30H32O9/c1-20(18-38-28(35)14-9-21-7-10-23(31)11-8-21)4-2-5-22-6-3-15-30(29(36)37,39-19-22)17-27(34)25-16-24(32)12-13-26(25)33/h4,6-14,16,31-33H,2-3,5,15,17-19H2,1H3,(H,36,37)/b14-9+,20-4+/t30-/m1/s1. The number of phenols is 3.